The van der Waals surface area contributed by atoms with Crippen molar-refractivity contribution in [3.05, 3.63) is 71.4 Å². The van der Waals surface area contributed by atoms with Crippen LogP contribution in [-0.2, 0) is 16.0 Å². The lowest BCUT2D eigenvalue weighted by Crippen LogP contribution is -2.36. The Balaban J connectivity index is 1.90. The van der Waals surface area contributed by atoms with E-state index in [1.807, 2.05) is 48.5 Å². The minimum absolute atomic E-state index is 0.0479. The zero-order valence-corrected chi connectivity index (χ0v) is 19.3. The van der Waals surface area contributed by atoms with Crippen LogP contribution in [0.1, 0.15) is 52.6 Å². The Morgan fingerprint density at radius 1 is 0.970 bits per heavy atom. The molecule has 1 saturated heterocycles. The number of aromatic nitrogens is 2. The second-order valence-electron chi connectivity index (χ2n) is 8.28. The second kappa shape index (κ2) is 10.0. The first-order valence-corrected chi connectivity index (χ1v) is 11.2. The van der Waals surface area contributed by atoms with Crippen molar-refractivity contribution in [2.45, 2.75) is 38.8 Å². The predicted octanol–water partition coefficient (Wildman–Crippen LogP) is 4.49. The highest BCUT2D eigenvalue weighted by molar-refractivity contribution is 6.07. The minimum atomic E-state index is -0.653. The molecule has 172 valence electrons. The number of nitrogens with zero attached hydrogens (tertiary/aromatic N) is 3. The lowest BCUT2D eigenvalue weighted by molar-refractivity contribution is 0.0549. The number of carbonyl (C=O) groups excluding carboxylic acids is 2. The van der Waals surface area contributed by atoms with Crippen molar-refractivity contribution in [3.8, 4) is 16.9 Å². The first kappa shape index (κ1) is 22.7. The molecular formula is C26H29N3O4. The standard InChI is InChI=1S/C26H29N3O4/c1-18-11-9-10-16-28(18)17-19-12-7-8-15-21(19)23-22(25(30)32-2)24(26(31)33-3)29(27-23)20-13-5-4-6-14-20/h4-8,12-15,18H,9-11,16-17H2,1-3H3. The Hall–Kier alpha value is -3.45. The van der Waals surface area contributed by atoms with Crippen molar-refractivity contribution in [2.24, 2.45) is 0 Å². The SMILES string of the molecule is COC(=O)c1c(-c2ccccc2CN2CCCCC2C)nn(-c2ccccc2)c1C(=O)OC. The van der Waals surface area contributed by atoms with Crippen molar-refractivity contribution in [3.63, 3.8) is 0 Å². The fraction of sp³-hybridized carbons (Fsp3) is 0.346. The Kier molecular flexibility index (Phi) is 6.89. The van der Waals surface area contributed by atoms with Gasteiger partial charge in [0.1, 0.15) is 11.3 Å². The molecule has 2 aromatic carbocycles. The van der Waals surface area contributed by atoms with E-state index in [-0.39, 0.29) is 11.3 Å². The summed E-state index contributed by atoms with van der Waals surface area (Å²) in [6, 6.07) is 17.6. The Morgan fingerprint density at radius 2 is 1.67 bits per heavy atom. The van der Waals surface area contributed by atoms with E-state index in [0.29, 0.717) is 17.4 Å². The van der Waals surface area contributed by atoms with E-state index in [9.17, 15) is 9.59 Å². The van der Waals surface area contributed by atoms with Gasteiger partial charge in [0.2, 0.25) is 0 Å². The summed E-state index contributed by atoms with van der Waals surface area (Å²) in [6.07, 6.45) is 3.59. The average molecular weight is 448 g/mol. The molecular weight excluding hydrogens is 418 g/mol. The number of benzene rings is 2. The van der Waals surface area contributed by atoms with E-state index in [4.69, 9.17) is 14.6 Å². The molecule has 0 N–H and O–H groups in total. The first-order chi connectivity index (χ1) is 16.0. The van der Waals surface area contributed by atoms with Crippen LogP contribution in [0, 0.1) is 0 Å². The largest absolute Gasteiger partial charge is 0.465 e. The number of carbonyl (C=O) groups is 2. The fourth-order valence-electron chi connectivity index (χ4n) is 4.44. The highest BCUT2D eigenvalue weighted by Gasteiger charge is 2.32. The molecule has 3 aromatic rings. The molecule has 0 saturated carbocycles. The average Bonchev–Trinajstić information content (AvgIpc) is 3.26. The van der Waals surface area contributed by atoms with Crippen molar-refractivity contribution in [1.29, 1.82) is 0 Å². The van der Waals surface area contributed by atoms with Gasteiger partial charge in [-0.3, -0.25) is 4.90 Å². The summed E-state index contributed by atoms with van der Waals surface area (Å²) in [7, 11) is 2.59. The fourth-order valence-corrected chi connectivity index (χ4v) is 4.44. The van der Waals surface area contributed by atoms with Crippen molar-refractivity contribution in [1.82, 2.24) is 14.7 Å². The van der Waals surface area contributed by atoms with Gasteiger partial charge >= 0.3 is 11.9 Å². The van der Waals surface area contributed by atoms with Gasteiger partial charge in [-0.25, -0.2) is 14.3 Å². The van der Waals surface area contributed by atoms with E-state index in [2.05, 4.69) is 17.9 Å². The van der Waals surface area contributed by atoms with Crippen LogP contribution in [0.15, 0.2) is 54.6 Å². The second-order valence-corrected chi connectivity index (χ2v) is 8.28. The van der Waals surface area contributed by atoms with Gasteiger partial charge < -0.3 is 9.47 Å². The third-order valence-corrected chi connectivity index (χ3v) is 6.24. The number of hydrogen-bond acceptors (Lipinski definition) is 6. The first-order valence-electron chi connectivity index (χ1n) is 11.2. The summed E-state index contributed by atoms with van der Waals surface area (Å²) in [5.74, 6) is -1.28. The quantitative estimate of drug-likeness (QED) is 0.519. The van der Waals surface area contributed by atoms with Crippen molar-refractivity contribution in [2.75, 3.05) is 20.8 Å². The number of methoxy groups -OCH3 is 2. The van der Waals surface area contributed by atoms with Gasteiger partial charge in [-0.15, -0.1) is 0 Å². The molecule has 0 radical (unpaired) electrons. The van der Waals surface area contributed by atoms with Gasteiger partial charge in [0.25, 0.3) is 0 Å². The highest BCUT2D eigenvalue weighted by atomic mass is 16.5. The summed E-state index contributed by atoms with van der Waals surface area (Å²) < 4.78 is 11.6. The molecule has 2 heterocycles. The number of likely N-dealkylation sites (tertiary alicyclic amines) is 1. The van der Waals surface area contributed by atoms with E-state index in [1.165, 1.54) is 38.2 Å². The summed E-state index contributed by atoms with van der Waals surface area (Å²) >= 11 is 0. The topological polar surface area (TPSA) is 73.7 Å². The van der Waals surface area contributed by atoms with Crippen LogP contribution in [0.3, 0.4) is 0 Å². The zero-order valence-electron chi connectivity index (χ0n) is 19.3. The summed E-state index contributed by atoms with van der Waals surface area (Å²) in [4.78, 5) is 28.2. The van der Waals surface area contributed by atoms with Crippen LogP contribution < -0.4 is 0 Å². The molecule has 1 aliphatic rings. The molecule has 4 rings (SSSR count). The van der Waals surface area contributed by atoms with E-state index in [0.717, 1.165) is 24.2 Å². The van der Waals surface area contributed by atoms with Crippen LogP contribution in [0.2, 0.25) is 0 Å². The molecule has 1 atom stereocenters. The molecule has 1 unspecified atom stereocenters. The molecule has 1 aromatic heterocycles. The third kappa shape index (κ3) is 4.54. The smallest absolute Gasteiger partial charge is 0.357 e. The summed E-state index contributed by atoms with van der Waals surface area (Å²) in [6.45, 7) is 4.02. The van der Waals surface area contributed by atoms with Crippen LogP contribution in [-0.4, -0.2) is 53.4 Å². The number of para-hydroxylation sites is 1. The number of piperidine rings is 1. The van der Waals surface area contributed by atoms with E-state index < -0.39 is 11.9 Å². The molecule has 33 heavy (non-hydrogen) atoms. The number of esters is 2. The maximum atomic E-state index is 13.0. The van der Waals surface area contributed by atoms with Crippen LogP contribution in [0.25, 0.3) is 16.9 Å². The highest BCUT2D eigenvalue weighted by Crippen LogP contribution is 2.32. The molecule has 1 aliphatic heterocycles. The van der Waals surface area contributed by atoms with Gasteiger partial charge in [0.15, 0.2) is 5.69 Å². The molecule has 0 aliphatic carbocycles. The number of rotatable bonds is 6. The number of hydrogen-bond donors (Lipinski definition) is 0. The van der Waals surface area contributed by atoms with Gasteiger partial charge in [-0.2, -0.15) is 5.10 Å². The van der Waals surface area contributed by atoms with Crippen LogP contribution in [0.5, 0.6) is 0 Å². The molecule has 1 fully saturated rings. The van der Waals surface area contributed by atoms with Gasteiger partial charge in [0.05, 0.1) is 19.9 Å². The molecule has 0 amide bonds. The maximum Gasteiger partial charge on any atom is 0.357 e. The van der Waals surface area contributed by atoms with Gasteiger partial charge in [-0.05, 0) is 44.0 Å². The van der Waals surface area contributed by atoms with E-state index in [1.54, 1.807) is 0 Å². The maximum absolute atomic E-state index is 13.0. The summed E-state index contributed by atoms with van der Waals surface area (Å²) in [5.41, 5.74) is 3.06. The Morgan fingerprint density at radius 3 is 2.36 bits per heavy atom. The predicted molar refractivity (Wildman–Crippen MR) is 125 cm³/mol. The molecule has 7 heteroatoms. The molecule has 0 bridgehead atoms. The lowest BCUT2D eigenvalue weighted by Gasteiger charge is -2.33. The summed E-state index contributed by atoms with van der Waals surface area (Å²) in [5, 5.41) is 4.76. The van der Waals surface area contributed by atoms with Crippen LogP contribution in [0.4, 0.5) is 0 Å². The minimum Gasteiger partial charge on any atom is -0.465 e. The Bertz CT molecular complexity index is 1140. The third-order valence-electron chi connectivity index (χ3n) is 6.24. The van der Waals surface area contributed by atoms with Crippen molar-refractivity contribution < 1.29 is 19.1 Å². The molecule has 7 nitrogen and oxygen atoms in total. The van der Waals surface area contributed by atoms with E-state index >= 15 is 0 Å². The normalized spacial score (nSPS) is 16.4. The van der Waals surface area contributed by atoms with Crippen LogP contribution >= 0.6 is 0 Å². The van der Waals surface area contributed by atoms with Crippen molar-refractivity contribution >= 4 is 11.9 Å². The van der Waals surface area contributed by atoms with Gasteiger partial charge in [0, 0.05) is 18.2 Å². The molecule has 0 spiro atoms. The number of ether oxygens (including phenoxy) is 2. The van der Waals surface area contributed by atoms with Gasteiger partial charge in [-0.1, -0.05) is 48.9 Å². The zero-order chi connectivity index (χ0) is 23.4. The lowest BCUT2D eigenvalue weighted by atomic mass is 9.97. The Labute approximate surface area is 193 Å². The monoisotopic (exact) mass is 447 g/mol.